The van der Waals surface area contributed by atoms with Crippen molar-refractivity contribution in [2.75, 3.05) is 14.1 Å². The Morgan fingerprint density at radius 3 is 2.20 bits per heavy atom. The molecule has 0 heterocycles. The highest BCUT2D eigenvalue weighted by atomic mass is 19.4. The molecule has 40 heavy (non-hydrogen) atoms. The van der Waals surface area contributed by atoms with Crippen molar-refractivity contribution in [1.29, 1.82) is 0 Å². The molecule has 1 amide bonds. The summed E-state index contributed by atoms with van der Waals surface area (Å²) in [5.74, 6) is -23.1. The Balaban J connectivity index is 1.94. The van der Waals surface area contributed by atoms with Crippen molar-refractivity contribution >= 4 is 29.0 Å². The van der Waals surface area contributed by atoms with Crippen LogP contribution in [0.4, 0.5) is 22.0 Å². The lowest BCUT2D eigenvalue weighted by molar-refractivity contribution is -0.285. The lowest BCUT2D eigenvalue weighted by atomic mass is 9.49. The maximum Gasteiger partial charge on any atom is 0.453 e. The second-order valence-electron chi connectivity index (χ2n) is 10.7. The predicted molar refractivity (Wildman–Crippen MR) is 122 cm³/mol. The van der Waals surface area contributed by atoms with Gasteiger partial charge in [0.05, 0.1) is 29.5 Å². The van der Waals surface area contributed by atoms with Crippen LogP contribution in [0.5, 0.6) is 5.75 Å². The first-order chi connectivity index (χ1) is 18.3. The number of amides is 1. The van der Waals surface area contributed by atoms with Gasteiger partial charge in [0.15, 0.2) is 34.7 Å². The third-order valence-electron chi connectivity index (χ3n) is 8.33. The van der Waals surface area contributed by atoms with Crippen molar-refractivity contribution in [2.24, 2.45) is 29.4 Å². The molecule has 5 N–H and O–H groups in total. The van der Waals surface area contributed by atoms with Gasteiger partial charge in [0, 0.05) is 12.3 Å². The number of primary amides is 1. The number of rotatable bonds is 5. The zero-order chi connectivity index (χ0) is 30.3. The maximum atomic E-state index is 14.0. The number of Topliss-reactive ketones (excluding diaryl/α,β-unsaturated/α-hetero) is 4. The smallest absolute Gasteiger partial charge is 0.453 e. The van der Waals surface area contributed by atoms with E-state index in [2.05, 4.69) is 0 Å². The molecule has 0 aliphatic heterocycles. The van der Waals surface area contributed by atoms with Gasteiger partial charge in [-0.3, -0.25) is 28.9 Å². The Bertz CT molecular complexity index is 1310. The number of phenolic OH excluding ortho intramolecular Hbond substituents is 1. The summed E-state index contributed by atoms with van der Waals surface area (Å²) in [7, 11) is 2.50. The third kappa shape index (κ3) is 3.96. The molecule has 0 saturated heterocycles. The topological polar surface area (TPSA) is 175 Å². The number of ketones is 4. The van der Waals surface area contributed by atoms with Gasteiger partial charge in [-0.25, -0.2) is 0 Å². The number of benzene rings is 1. The van der Waals surface area contributed by atoms with E-state index in [0.29, 0.717) is 0 Å². The summed E-state index contributed by atoms with van der Waals surface area (Å²) in [6.07, 6.45) is -11.0. The molecule has 4 rings (SSSR count). The highest BCUT2D eigenvalue weighted by Crippen LogP contribution is 2.56. The van der Waals surface area contributed by atoms with Crippen LogP contribution in [0.25, 0.3) is 0 Å². The van der Waals surface area contributed by atoms with E-state index in [1.165, 1.54) is 20.2 Å². The lowest BCUT2D eigenvalue weighted by Crippen LogP contribution is -2.77. The number of aliphatic hydroxyl groups is 2. The Labute approximate surface area is 222 Å². The van der Waals surface area contributed by atoms with Crippen LogP contribution in [0.15, 0.2) is 18.2 Å². The fraction of sp³-hybridized carbons (Fsp3) is 0.560. The van der Waals surface area contributed by atoms with E-state index >= 15 is 0 Å². The zero-order valence-corrected chi connectivity index (χ0v) is 21.0. The largest absolute Gasteiger partial charge is 0.507 e. The van der Waals surface area contributed by atoms with Gasteiger partial charge in [-0.15, -0.1) is 0 Å². The van der Waals surface area contributed by atoms with E-state index in [1.54, 1.807) is 0 Å². The number of hydrogen-bond donors (Lipinski definition) is 4. The van der Waals surface area contributed by atoms with E-state index in [4.69, 9.17) is 5.73 Å². The fourth-order valence-corrected chi connectivity index (χ4v) is 6.59. The van der Waals surface area contributed by atoms with Crippen LogP contribution in [0, 0.1) is 23.7 Å². The number of fused-ring (bicyclic) bond motifs is 3. The first-order valence-corrected chi connectivity index (χ1v) is 12.1. The molecular weight excluding hydrogens is 551 g/mol. The van der Waals surface area contributed by atoms with Crippen LogP contribution < -0.4 is 5.73 Å². The Kier molecular flexibility index (Phi) is 6.96. The summed E-state index contributed by atoms with van der Waals surface area (Å²) >= 11 is 0. The van der Waals surface area contributed by atoms with E-state index in [9.17, 15) is 61.2 Å². The first-order valence-electron chi connectivity index (χ1n) is 12.1. The highest BCUT2D eigenvalue weighted by molar-refractivity contribution is 6.32. The number of carbonyl (C=O) groups excluding carboxylic acids is 5. The van der Waals surface area contributed by atoms with Crippen molar-refractivity contribution in [3.63, 3.8) is 0 Å². The molecule has 0 radical (unpaired) electrons. The number of carbonyl (C=O) groups is 5. The van der Waals surface area contributed by atoms with Crippen LogP contribution in [-0.4, -0.2) is 93.2 Å². The molecule has 0 spiro atoms. The molecule has 1 aromatic rings. The molecule has 2 unspecified atom stereocenters. The number of nitrogens with zero attached hydrogens (tertiary/aromatic N) is 1. The zero-order valence-electron chi connectivity index (χ0n) is 21.0. The minimum atomic E-state index is -5.94. The van der Waals surface area contributed by atoms with Crippen LogP contribution in [0.3, 0.4) is 0 Å². The van der Waals surface area contributed by atoms with Gasteiger partial charge in [-0.2, -0.15) is 22.0 Å². The number of aliphatic hydroxyl groups excluding tert-OH is 1. The Hall–Kier alpha value is -3.30. The van der Waals surface area contributed by atoms with Gasteiger partial charge >= 0.3 is 12.1 Å². The van der Waals surface area contributed by atoms with Crippen molar-refractivity contribution in [1.82, 2.24) is 4.90 Å². The predicted octanol–water partition coefficient (Wildman–Crippen LogP) is 0.357. The average Bonchev–Trinajstić information content (AvgIpc) is 2.82. The van der Waals surface area contributed by atoms with E-state index in [1.807, 2.05) is 0 Å². The lowest BCUT2D eigenvalue weighted by Gasteiger charge is -2.56. The van der Waals surface area contributed by atoms with E-state index in [-0.39, 0.29) is 5.56 Å². The number of hydrogen-bond acceptors (Lipinski definition) is 9. The maximum absolute atomic E-state index is 14.0. The Morgan fingerprint density at radius 1 is 1.07 bits per heavy atom. The second-order valence-corrected chi connectivity index (χ2v) is 10.7. The monoisotopic (exact) mass is 576 g/mol. The summed E-state index contributed by atoms with van der Waals surface area (Å²) in [4.78, 5) is 67.0. The number of nitrogens with two attached hydrogens (primary N) is 1. The molecule has 0 bridgehead atoms. The number of phenols is 1. The molecular formula is C25H25F5N2O8. The SMILES string of the molecule is CN(C)[C@@H]1C(=O)C(C(N)=O)C(=O)[C@]2(O)C(=O)C3C(=O)c4c(O)cccc4[C@@H](CCC(F)(F)C(F)(F)F)[C@H]3[C@H](O)[C@@H]12. The quantitative estimate of drug-likeness (QED) is 0.285. The molecule has 3 aliphatic rings. The van der Waals surface area contributed by atoms with Gasteiger partial charge in [-0.1, -0.05) is 12.1 Å². The molecule has 2 saturated carbocycles. The van der Waals surface area contributed by atoms with E-state index in [0.717, 1.165) is 17.0 Å². The average molecular weight is 576 g/mol. The molecule has 2 fully saturated rings. The molecule has 15 heteroatoms. The van der Waals surface area contributed by atoms with Gasteiger partial charge in [-0.05, 0) is 38.1 Å². The molecule has 1 aromatic carbocycles. The molecule has 218 valence electrons. The normalized spacial score (nSPS) is 34.4. The standard InChI is InChI=1S/C25H25F5N2O8/c1-32(2)16-15-18(35)12-9(6-7-23(26,27)25(28,29)30)8-4-3-5-10(33)11(8)17(34)13(12)20(37)24(15,40)21(38)14(19(16)36)22(31)39/h3-5,9,12-16,18,33,35,40H,6-7H2,1-2H3,(H2,31,39)/t9-,12-,13?,14?,15-,16+,18+,24-/m1/s1. The van der Waals surface area contributed by atoms with Crippen LogP contribution in [0.1, 0.15) is 34.7 Å². The van der Waals surface area contributed by atoms with Crippen LogP contribution >= 0.6 is 0 Å². The number of halogens is 5. The summed E-state index contributed by atoms with van der Waals surface area (Å²) in [6.45, 7) is 0. The first kappa shape index (κ1) is 29.7. The number of likely N-dealkylation sites (N-methyl/N-ethyl adjacent to an activating group) is 1. The molecule has 8 atom stereocenters. The summed E-state index contributed by atoms with van der Waals surface area (Å²) < 4.78 is 66.9. The summed E-state index contributed by atoms with van der Waals surface area (Å²) in [6, 6.07) is 1.60. The van der Waals surface area contributed by atoms with Gasteiger partial charge in [0.1, 0.15) is 5.75 Å². The number of alkyl halides is 5. The van der Waals surface area contributed by atoms with Gasteiger partial charge in [0.25, 0.3) is 0 Å². The van der Waals surface area contributed by atoms with Crippen molar-refractivity contribution in [2.45, 2.75) is 48.6 Å². The minimum Gasteiger partial charge on any atom is -0.507 e. The molecule has 10 nitrogen and oxygen atoms in total. The fourth-order valence-electron chi connectivity index (χ4n) is 6.59. The molecule has 0 aromatic heterocycles. The van der Waals surface area contributed by atoms with Crippen molar-refractivity contribution in [3.05, 3.63) is 29.3 Å². The summed E-state index contributed by atoms with van der Waals surface area (Å²) in [5.41, 5.74) is 1.03. The third-order valence-corrected chi connectivity index (χ3v) is 8.33. The van der Waals surface area contributed by atoms with Crippen LogP contribution in [-0.2, 0) is 19.2 Å². The number of aromatic hydroxyl groups is 1. The van der Waals surface area contributed by atoms with Gasteiger partial charge in [0.2, 0.25) is 5.91 Å². The summed E-state index contributed by atoms with van der Waals surface area (Å²) in [5, 5.41) is 33.5. The van der Waals surface area contributed by atoms with Crippen LogP contribution in [0.2, 0.25) is 0 Å². The van der Waals surface area contributed by atoms with Crippen molar-refractivity contribution in [3.8, 4) is 5.75 Å². The minimum absolute atomic E-state index is 0.230. The Morgan fingerprint density at radius 2 is 1.68 bits per heavy atom. The highest BCUT2D eigenvalue weighted by Gasteiger charge is 2.73. The second kappa shape index (κ2) is 9.38. The van der Waals surface area contributed by atoms with E-state index < -0.39 is 113 Å². The van der Waals surface area contributed by atoms with Gasteiger partial charge < -0.3 is 21.1 Å². The molecule has 3 aliphatic carbocycles. The van der Waals surface area contributed by atoms with Crippen molar-refractivity contribution < 1.29 is 61.2 Å².